The normalized spacial score (nSPS) is 26.1. The molecule has 1 saturated carbocycles. The lowest BCUT2D eigenvalue weighted by molar-refractivity contribution is -0.140. The van der Waals surface area contributed by atoms with Gasteiger partial charge in [0.05, 0.1) is 0 Å². The largest absolute Gasteiger partial charge is 0.345 e. The van der Waals surface area contributed by atoms with E-state index in [1.807, 2.05) is 13.8 Å². The Morgan fingerprint density at radius 3 is 2.47 bits per heavy atom. The van der Waals surface area contributed by atoms with Crippen molar-refractivity contribution in [3.63, 3.8) is 0 Å². The number of carbonyl (C=O) groups is 2. The predicted octanol–water partition coefficient (Wildman–Crippen LogP) is 1.60. The topological polar surface area (TPSA) is 58.2 Å². The fraction of sp³-hybridized carbons (Fsp3) is 0.846. The third-order valence-electron chi connectivity index (χ3n) is 3.62. The lowest BCUT2D eigenvalue weighted by Crippen LogP contribution is -2.49. The molecule has 0 aromatic rings. The summed E-state index contributed by atoms with van der Waals surface area (Å²) in [6, 6.07) is 0.218. The zero-order valence-corrected chi connectivity index (χ0v) is 11.1. The van der Waals surface area contributed by atoms with E-state index in [9.17, 15) is 9.59 Å². The first-order valence-electron chi connectivity index (χ1n) is 6.66. The number of nitrogens with one attached hydrogen (secondary N) is 2. The second-order valence-corrected chi connectivity index (χ2v) is 5.12. The molecule has 0 spiro atoms. The Labute approximate surface area is 104 Å². The molecule has 0 aromatic heterocycles. The molecule has 0 unspecified atom stereocenters. The maximum Gasteiger partial charge on any atom is 0.309 e. The average molecular weight is 240 g/mol. The van der Waals surface area contributed by atoms with Crippen molar-refractivity contribution >= 4 is 11.8 Å². The van der Waals surface area contributed by atoms with E-state index in [0.717, 1.165) is 25.7 Å². The molecule has 0 radical (unpaired) electrons. The van der Waals surface area contributed by atoms with Crippen LogP contribution >= 0.6 is 0 Å². The molecule has 4 nitrogen and oxygen atoms in total. The van der Waals surface area contributed by atoms with Crippen molar-refractivity contribution in [3.8, 4) is 0 Å². The zero-order chi connectivity index (χ0) is 12.8. The minimum atomic E-state index is -0.503. The van der Waals surface area contributed by atoms with Crippen molar-refractivity contribution in [2.75, 3.05) is 0 Å². The summed E-state index contributed by atoms with van der Waals surface area (Å²) >= 11 is 0. The van der Waals surface area contributed by atoms with Gasteiger partial charge in [0.15, 0.2) is 0 Å². The molecule has 2 N–H and O–H groups in total. The van der Waals surface area contributed by atoms with Crippen molar-refractivity contribution in [3.05, 3.63) is 0 Å². The number of hydrogen-bond donors (Lipinski definition) is 2. The Morgan fingerprint density at radius 1 is 1.24 bits per heavy atom. The molecular formula is C13H24N2O2. The number of carbonyl (C=O) groups excluding carboxylic acids is 2. The number of amides is 2. The number of hydrogen-bond acceptors (Lipinski definition) is 2. The monoisotopic (exact) mass is 240 g/mol. The molecule has 1 aliphatic rings. The van der Waals surface area contributed by atoms with E-state index in [1.165, 1.54) is 6.42 Å². The van der Waals surface area contributed by atoms with Crippen molar-refractivity contribution in [2.45, 2.75) is 65.0 Å². The third kappa shape index (κ3) is 4.36. The predicted molar refractivity (Wildman–Crippen MR) is 67.5 cm³/mol. The molecule has 0 aromatic carbocycles. The Kier molecular flexibility index (Phi) is 5.45. The highest BCUT2D eigenvalue weighted by Crippen LogP contribution is 2.23. The summed E-state index contributed by atoms with van der Waals surface area (Å²) in [6.45, 7) is 6.01. The summed E-state index contributed by atoms with van der Waals surface area (Å²) in [6.07, 6.45) is 5.33. The molecule has 4 heteroatoms. The van der Waals surface area contributed by atoms with E-state index in [0.29, 0.717) is 5.92 Å². The molecule has 1 fully saturated rings. The van der Waals surface area contributed by atoms with Crippen LogP contribution in [0.4, 0.5) is 0 Å². The smallest absolute Gasteiger partial charge is 0.309 e. The highest BCUT2D eigenvalue weighted by molar-refractivity contribution is 6.35. The van der Waals surface area contributed by atoms with Crippen LogP contribution in [0.1, 0.15) is 52.9 Å². The van der Waals surface area contributed by atoms with Gasteiger partial charge in [-0.15, -0.1) is 0 Å². The lowest BCUT2D eigenvalue weighted by Gasteiger charge is -2.29. The first-order valence-corrected chi connectivity index (χ1v) is 6.66. The minimum absolute atomic E-state index is 0.0528. The molecule has 3 atom stereocenters. The fourth-order valence-corrected chi connectivity index (χ4v) is 2.16. The van der Waals surface area contributed by atoms with Crippen LogP contribution in [0.3, 0.4) is 0 Å². The Hall–Kier alpha value is -1.06. The van der Waals surface area contributed by atoms with Crippen LogP contribution in [-0.2, 0) is 9.59 Å². The van der Waals surface area contributed by atoms with Gasteiger partial charge in [-0.05, 0) is 32.1 Å². The van der Waals surface area contributed by atoms with E-state index in [2.05, 4.69) is 17.6 Å². The standard InChI is InChI=1S/C13H24N2O2/c1-4-10(3)14-12(16)13(17)15-11-8-6-5-7-9(11)2/h9-11H,4-8H2,1-3H3,(H,14,16)(H,15,17)/t9-,10+,11-/m0/s1. The van der Waals surface area contributed by atoms with Gasteiger partial charge in [-0.1, -0.05) is 26.7 Å². The second-order valence-electron chi connectivity index (χ2n) is 5.12. The quantitative estimate of drug-likeness (QED) is 0.736. The van der Waals surface area contributed by atoms with Gasteiger partial charge in [-0.2, -0.15) is 0 Å². The molecule has 1 aliphatic carbocycles. The van der Waals surface area contributed by atoms with Crippen molar-refractivity contribution in [2.24, 2.45) is 5.92 Å². The van der Waals surface area contributed by atoms with Gasteiger partial charge in [-0.25, -0.2) is 0 Å². The Morgan fingerprint density at radius 2 is 1.88 bits per heavy atom. The van der Waals surface area contributed by atoms with Gasteiger partial charge in [0.2, 0.25) is 0 Å². The Balaban J connectivity index is 2.39. The first kappa shape index (κ1) is 14.0. The fourth-order valence-electron chi connectivity index (χ4n) is 2.16. The van der Waals surface area contributed by atoms with E-state index < -0.39 is 11.8 Å². The van der Waals surface area contributed by atoms with E-state index in [1.54, 1.807) is 0 Å². The van der Waals surface area contributed by atoms with Crippen LogP contribution in [0.15, 0.2) is 0 Å². The molecule has 2 amide bonds. The number of rotatable bonds is 3. The second kappa shape index (κ2) is 6.62. The van der Waals surface area contributed by atoms with Gasteiger partial charge in [0.25, 0.3) is 0 Å². The van der Waals surface area contributed by atoms with E-state index >= 15 is 0 Å². The first-order chi connectivity index (χ1) is 8.04. The van der Waals surface area contributed by atoms with Crippen molar-refractivity contribution in [1.82, 2.24) is 10.6 Å². The van der Waals surface area contributed by atoms with Crippen LogP contribution in [0.25, 0.3) is 0 Å². The van der Waals surface area contributed by atoms with Crippen LogP contribution in [0.2, 0.25) is 0 Å². The lowest BCUT2D eigenvalue weighted by atomic mass is 9.86. The highest BCUT2D eigenvalue weighted by atomic mass is 16.2. The molecular weight excluding hydrogens is 216 g/mol. The Bertz CT molecular complexity index is 279. The third-order valence-corrected chi connectivity index (χ3v) is 3.62. The molecule has 0 heterocycles. The van der Waals surface area contributed by atoms with E-state index in [4.69, 9.17) is 0 Å². The molecule has 98 valence electrons. The van der Waals surface area contributed by atoms with Gasteiger partial charge in [0.1, 0.15) is 0 Å². The maximum absolute atomic E-state index is 11.7. The minimum Gasteiger partial charge on any atom is -0.345 e. The maximum atomic E-state index is 11.7. The van der Waals surface area contributed by atoms with E-state index in [-0.39, 0.29) is 12.1 Å². The van der Waals surface area contributed by atoms with Crippen LogP contribution in [0, 0.1) is 5.92 Å². The molecule has 1 rings (SSSR count). The van der Waals surface area contributed by atoms with Gasteiger partial charge in [-0.3, -0.25) is 9.59 Å². The van der Waals surface area contributed by atoms with Gasteiger partial charge < -0.3 is 10.6 Å². The average Bonchev–Trinajstić information content (AvgIpc) is 2.31. The zero-order valence-electron chi connectivity index (χ0n) is 11.1. The summed E-state index contributed by atoms with van der Waals surface area (Å²) in [7, 11) is 0. The van der Waals surface area contributed by atoms with Crippen LogP contribution in [-0.4, -0.2) is 23.9 Å². The summed E-state index contributed by atoms with van der Waals surface area (Å²) < 4.78 is 0. The summed E-state index contributed by atoms with van der Waals surface area (Å²) in [5.74, 6) is -0.509. The van der Waals surface area contributed by atoms with Gasteiger partial charge >= 0.3 is 11.8 Å². The van der Waals surface area contributed by atoms with Gasteiger partial charge in [0, 0.05) is 12.1 Å². The van der Waals surface area contributed by atoms with Crippen molar-refractivity contribution in [1.29, 1.82) is 0 Å². The molecule has 0 aliphatic heterocycles. The van der Waals surface area contributed by atoms with Crippen molar-refractivity contribution < 1.29 is 9.59 Å². The van der Waals surface area contributed by atoms with Crippen LogP contribution in [0.5, 0.6) is 0 Å². The molecule has 0 saturated heterocycles. The highest BCUT2D eigenvalue weighted by Gasteiger charge is 2.25. The summed E-state index contributed by atoms with van der Waals surface area (Å²) in [5, 5.41) is 5.53. The van der Waals surface area contributed by atoms with Crippen LogP contribution < -0.4 is 10.6 Å². The molecule has 0 bridgehead atoms. The summed E-state index contributed by atoms with van der Waals surface area (Å²) in [4.78, 5) is 23.3. The molecule has 17 heavy (non-hydrogen) atoms. The SMILES string of the molecule is CC[C@@H](C)NC(=O)C(=O)N[C@H]1CCCC[C@@H]1C. The summed E-state index contributed by atoms with van der Waals surface area (Å²) in [5.41, 5.74) is 0.